The van der Waals surface area contributed by atoms with Crippen molar-refractivity contribution in [2.24, 2.45) is 0 Å². The number of hydrogen-bond donors (Lipinski definition) is 1. The number of aromatic nitrogens is 2. The third-order valence-corrected chi connectivity index (χ3v) is 4.63. The van der Waals surface area contributed by atoms with Crippen LogP contribution in [0.3, 0.4) is 0 Å². The van der Waals surface area contributed by atoms with E-state index in [1.54, 1.807) is 0 Å². The van der Waals surface area contributed by atoms with Crippen LogP contribution >= 0.6 is 15.9 Å². The predicted octanol–water partition coefficient (Wildman–Crippen LogP) is 2.95. The van der Waals surface area contributed by atoms with Crippen LogP contribution in [0, 0.1) is 0 Å². The second kappa shape index (κ2) is 5.58. The number of hydrogen-bond acceptors (Lipinski definition) is 3. The molecule has 5 heteroatoms. The minimum absolute atomic E-state index is 0.362. The number of nitrogens with one attached hydrogen (secondary N) is 1. The van der Waals surface area contributed by atoms with Gasteiger partial charge in [0.25, 0.3) is 0 Å². The SMILES string of the molecule is CNC(C)c1ccc(N2CCn3ccnc3C2)c(Br)c1. The highest BCUT2D eigenvalue weighted by Gasteiger charge is 2.19. The average Bonchev–Trinajstić information content (AvgIpc) is 2.93. The monoisotopic (exact) mass is 334 g/mol. The van der Waals surface area contributed by atoms with Crippen molar-refractivity contribution in [2.75, 3.05) is 18.5 Å². The fourth-order valence-electron chi connectivity index (χ4n) is 2.59. The molecular formula is C15H19BrN4. The maximum Gasteiger partial charge on any atom is 0.128 e. The number of fused-ring (bicyclic) bond motifs is 1. The van der Waals surface area contributed by atoms with E-state index < -0.39 is 0 Å². The van der Waals surface area contributed by atoms with Gasteiger partial charge >= 0.3 is 0 Å². The molecule has 0 saturated carbocycles. The molecule has 4 nitrogen and oxygen atoms in total. The van der Waals surface area contributed by atoms with Crippen LogP contribution < -0.4 is 10.2 Å². The molecule has 3 rings (SSSR count). The molecule has 0 bridgehead atoms. The van der Waals surface area contributed by atoms with Crippen LogP contribution in [0.15, 0.2) is 35.1 Å². The van der Waals surface area contributed by atoms with Crippen LogP contribution in [0.25, 0.3) is 0 Å². The molecule has 1 atom stereocenters. The highest BCUT2D eigenvalue weighted by Crippen LogP contribution is 2.31. The summed E-state index contributed by atoms with van der Waals surface area (Å²) >= 11 is 3.71. The molecule has 1 aromatic heterocycles. The van der Waals surface area contributed by atoms with Crippen LogP contribution in [0.5, 0.6) is 0 Å². The first-order chi connectivity index (χ1) is 9.69. The van der Waals surface area contributed by atoms with E-state index in [0.29, 0.717) is 6.04 Å². The fourth-order valence-corrected chi connectivity index (χ4v) is 3.24. The zero-order valence-corrected chi connectivity index (χ0v) is 13.4. The van der Waals surface area contributed by atoms with Gasteiger partial charge < -0.3 is 14.8 Å². The molecule has 0 fully saturated rings. The quantitative estimate of drug-likeness (QED) is 0.936. The Kier molecular flexibility index (Phi) is 3.81. The lowest BCUT2D eigenvalue weighted by atomic mass is 10.1. The van der Waals surface area contributed by atoms with Gasteiger partial charge in [0.15, 0.2) is 0 Å². The van der Waals surface area contributed by atoms with Gasteiger partial charge in [0, 0.05) is 36.0 Å². The number of halogens is 1. The minimum atomic E-state index is 0.362. The molecule has 0 radical (unpaired) electrons. The predicted molar refractivity (Wildman–Crippen MR) is 84.9 cm³/mol. The molecule has 1 N–H and O–H groups in total. The third kappa shape index (κ3) is 2.47. The standard InChI is InChI=1S/C15H19BrN4/c1-11(17-2)12-3-4-14(13(16)9-12)20-8-7-19-6-5-18-15(19)10-20/h3-6,9,11,17H,7-8,10H2,1-2H3. The van der Waals surface area contributed by atoms with Crippen LogP contribution in [-0.2, 0) is 13.1 Å². The number of benzene rings is 1. The summed E-state index contributed by atoms with van der Waals surface area (Å²) in [5.41, 5.74) is 2.54. The van der Waals surface area contributed by atoms with Crippen LogP contribution in [0.4, 0.5) is 5.69 Å². The number of imidazole rings is 1. The molecular weight excluding hydrogens is 316 g/mol. The summed E-state index contributed by atoms with van der Waals surface area (Å²) in [6.45, 7) is 5.05. The van der Waals surface area contributed by atoms with Crippen molar-refractivity contribution in [2.45, 2.75) is 26.1 Å². The first-order valence-corrected chi connectivity index (χ1v) is 7.70. The lowest BCUT2D eigenvalue weighted by Crippen LogP contribution is -2.33. The maximum atomic E-state index is 4.42. The molecule has 20 heavy (non-hydrogen) atoms. The number of rotatable bonds is 3. The Hall–Kier alpha value is -1.33. The van der Waals surface area contributed by atoms with Gasteiger partial charge in [-0.25, -0.2) is 4.98 Å². The van der Waals surface area contributed by atoms with E-state index >= 15 is 0 Å². The van der Waals surface area contributed by atoms with Crippen LogP contribution in [0.2, 0.25) is 0 Å². The van der Waals surface area contributed by atoms with Crippen molar-refractivity contribution in [1.82, 2.24) is 14.9 Å². The van der Waals surface area contributed by atoms with E-state index in [9.17, 15) is 0 Å². The van der Waals surface area contributed by atoms with Crippen LogP contribution in [-0.4, -0.2) is 23.1 Å². The Labute approximate surface area is 127 Å². The first kappa shape index (κ1) is 13.6. The maximum absolute atomic E-state index is 4.42. The first-order valence-electron chi connectivity index (χ1n) is 6.90. The fraction of sp³-hybridized carbons (Fsp3) is 0.400. The Morgan fingerprint density at radius 1 is 1.35 bits per heavy atom. The summed E-state index contributed by atoms with van der Waals surface area (Å²) in [4.78, 5) is 6.79. The second-order valence-corrected chi connectivity index (χ2v) is 6.03. The zero-order valence-electron chi connectivity index (χ0n) is 11.8. The molecule has 2 heterocycles. The van der Waals surface area contributed by atoms with Crippen molar-refractivity contribution >= 4 is 21.6 Å². The molecule has 1 aromatic carbocycles. The summed E-state index contributed by atoms with van der Waals surface area (Å²) in [6.07, 6.45) is 3.94. The van der Waals surface area contributed by atoms with Crippen LogP contribution in [0.1, 0.15) is 24.4 Å². The lowest BCUT2D eigenvalue weighted by molar-refractivity contribution is 0.559. The summed E-state index contributed by atoms with van der Waals surface area (Å²) in [5, 5.41) is 3.27. The molecule has 1 aliphatic heterocycles. The average molecular weight is 335 g/mol. The zero-order chi connectivity index (χ0) is 14.1. The van der Waals surface area contributed by atoms with Gasteiger partial charge in [-0.1, -0.05) is 6.07 Å². The highest BCUT2D eigenvalue weighted by atomic mass is 79.9. The molecule has 106 valence electrons. The summed E-state index contributed by atoms with van der Waals surface area (Å²) in [6, 6.07) is 6.96. The third-order valence-electron chi connectivity index (χ3n) is 3.99. The van der Waals surface area contributed by atoms with Gasteiger partial charge in [-0.2, -0.15) is 0 Å². The molecule has 2 aromatic rings. The van der Waals surface area contributed by atoms with Crippen molar-refractivity contribution in [3.05, 3.63) is 46.5 Å². The highest BCUT2D eigenvalue weighted by molar-refractivity contribution is 9.10. The molecule has 1 unspecified atom stereocenters. The van der Waals surface area contributed by atoms with Gasteiger partial charge in [-0.05, 0) is 47.6 Å². The number of anilines is 1. The smallest absolute Gasteiger partial charge is 0.128 e. The number of nitrogens with zero attached hydrogens (tertiary/aromatic N) is 3. The van der Waals surface area contributed by atoms with E-state index in [0.717, 1.165) is 29.9 Å². The van der Waals surface area contributed by atoms with E-state index in [-0.39, 0.29) is 0 Å². The largest absolute Gasteiger partial charge is 0.361 e. The van der Waals surface area contributed by atoms with Crippen molar-refractivity contribution in [1.29, 1.82) is 0 Å². The Balaban J connectivity index is 1.85. The molecule has 0 aliphatic carbocycles. The molecule has 0 amide bonds. The Morgan fingerprint density at radius 3 is 2.95 bits per heavy atom. The van der Waals surface area contributed by atoms with E-state index in [1.165, 1.54) is 11.3 Å². The van der Waals surface area contributed by atoms with Gasteiger partial charge in [-0.3, -0.25) is 0 Å². The molecule has 0 saturated heterocycles. The topological polar surface area (TPSA) is 33.1 Å². The van der Waals surface area contributed by atoms with Gasteiger partial charge in [-0.15, -0.1) is 0 Å². The van der Waals surface area contributed by atoms with E-state index in [1.807, 2.05) is 13.2 Å². The van der Waals surface area contributed by atoms with Gasteiger partial charge in [0.2, 0.25) is 0 Å². The van der Waals surface area contributed by atoms with Crippen molar-refractivity contribution < 1.29 is 0 Å². The molecule has 1 aliphatic rings. The van der Waals surface area contributed by atoms with Gasteiger partial charge in [0.1, 0.15) is 5.82 Å². The van der Waals surface area contributed by atoms with Crippen molar-refractivity contribution in [3.8, 4) is 0 Å². The molecule has 0 spiro atoms. The Bertz CT molecular complexity index is 608. The van der Waals surface area contributed by atoms with E-state index in [2.05, 4.69) is 67.0 Å². The normalized spacial score (nSPS) is 16.1. The van der Waals surface area contributed by atoms with Crippen molar-refractivity contribution in [3.63, 3.8) is 0 Å². The summed E-state index contributed by atoms with van der Waals surface area (Å²) in [5.74, 6) is 1.14. The minimum Gasteiger partial charge on any atom is -0.361 e. The summed E-state index contributed by atoms with van der Waals surface area (Å²) < 4.78 is 3.37. The summed E-state index contributed by atoms with van der Waals surface area (Å²) in [7, 11) is 1.98. The lowest BCUT2D eigenvalue weighted by Gasteiger charge is -2.30. The Morgan fingerprint density at radius 2 is 2.20 bits per heavy atom. The van der Waals surface area contributed by atoms with E-state index in [4.69, 9.17) is 0 Å². The second-order valence-electron chi connectivity index (χ2n) is 5.18. The van der Waals surface area contributed by atoms with Gasteiger partial charge in [0.05, 0.1) is 12.2 Å².